The first-order valence-corrected chi connectivity index (χ1v) is 9.94. The molecule has 2 atom stereocenters. The molecular weight excluding hydrogens is 340 g/mol. The van der Waals surface area contributed by atoms with Gasteiger partial charge in [0.25, 0.3) is 0 Å². The quantitative estimate of drug-likeness (QED) is 0.531. The lowest BCUT2D eigenvalue weighted by Gasteiger charge is -2.19. The molecule has 0 saturated carbocycles. The van der Waals surface area contributed by atoms with E-state index in [1.807, 2.05) is 36.4 Å². The van der Waals surface area contributed by atoms with Crippen LogP contribution in [0.25, 0.3) is 0 Å². The van der Waals surface area contributed by atoms with E-state index in [2.05, 4.69) is 13.8 Å². The van der Waals surface area contributed by atoms with E-state index in [-0.39, 0.29) is 0 Å². The molecule has 2 rings (SSSR count). The minimum atomic E-state index is -0.935. The van der Waals surface area contributed by atoms with Gasteiger partial charge in [0.2, 0.25) is 0 Å². The average Bonchev–Trinajstić information content (AvgIpc) is 2.69. The van der Waals surface area contributed by atoms with Crippen LogP contribution in [0.3, 0.4) is 0 Å². The van der Waals surface area contributed by atoms with Crippen molar-refractivity contribution in [3.8, 4) is 11.5 Å². The summed E-state index contributed by atoms with van der Waals surface area (Å²) >= 11 is 0. The van der Waals surface area contributed by atoms with Crippen molar-refractivity contribution in [2.24, 2.45) is 0 Å². The smallest absolute Gasteiger partial charge is 0.119 e. The Labute approximate surface area is 162 Å². The van der Waals surface area contributed by atoms with Gasteiger partial charge >= 0.3 is 0 Å². The molecule has 0 saturated heterocycles. The lowest BCUT2D eigenvalue weighted by molar-refractivity contribution is 0.0189. The summed E-state index contributed by atoms with van der Waals surface area (Å²) in [7, 11) is 0. The lowest BCUT2D eigenvalue weighted by Crippen LogP contribution is -2.20. The van der Waals surface area contributed by atoms with Gasteiger partial charge in [-0.15, -0.1) is 0 Å². The molecule has 0 spiro atoms. The molecule has 0 bridgehead atoms. The molecule has 27 heavy (non-hydrogen) atoms. The maximum atomic E-state index is 10.4. The van der Waals surface area contributed by atoms with Crippen molar-refractivity contribution < 1.29 is 19.7 Å². The van der Waals surface area contributed by atoms with Gasteiger partial charge in [0.1, 0.15) is 17.6 Å². The zero-order valence-electron chi connectivity index (χ0n) is 16.4. The van der Waals surface area contributed by atoms with Gasteiger partial charge in [-0.1, -0.05) is 51.0 Å². The van der Waals surface area contributed by atoms with E-state index in [0.717, 1.165) is 49.4 Å². The van der Waals surface area contributed by atoms with E-state index in [1.165, 1.54) is 0 Å². The average molecular weight is 373 g/mol. The standard InChI is InChI=1S/C23H32O4/c1-3-5-15-26-20-11-7-18(8-12-20)17-22(24)23(25)19-9-13-21(14-10-19)27-16-6-4-2/h7-14,22-25H,3-6,15-17H2,1-2H3. The first-order chi connectivity index (χ1) is 13.1. The summed E-state index contributed by atoms with van der Waals surface area (Å²) in [6.07, 6.45) is 2.83. The van der Waals surface area contributed by atoms with Crippen LogP contribution in [0.5, 0.6) is 11.5 Å². The second-order valence-corrected chi connectivity index (χ2v) is 6.83. The summed E-state index contributed by atoms with van der Waals surface area (Å²) < 4.78 is 11.3. The molecule has 0 aromatic heterocycles. The molecule has 0 aliphatic heterocycles. The molecule has 0 fully saturated rings. The van der Waals surface area contributed by atoms with E-state index < -0.39 is 12.2 Å². The SMILES string of the molecule is CCCCOc1ccc(CC(O)C(O)c2ccc(OCCCC)cc2)cc1. The van der Waals surface area contributed by atoms with Crippen molar-refractivity contribution in [2.75, 3.05) is 13.2 Å². The van der Waals surface area contributed by atoms with Gasteiger partial charge < -0.3 is 19.7 Å². The minimum Gasteiger partial charge on any atom is -0.494 e. The molecule has 2 aromatic rings. The number of aliphatic hydroxyl groups excluding tert-OH is 2. The Hall–Kier alpha value is -2.04. The molecule has 0 heterocycles. The van der Waals surface area contributed by atoms with Crippen LogP contribution in [-0.2, 0) is 6.42 Å². The largest absolute Gasteiger partial charge is 0.494 e. The third-order valence-corrected chi connectivity index (χ3v) is 4.49. The zero-order valence-corrected chi connectivity index (χ0v) is 16.4. The van der Waals surface area contributed by atoms with Crippen LogP contribution in [0, 0.1) is 0 Å². The molecule has 0 aliphatic carbocycles. The summed E-state index contributed by atoms with van der Waals surface area (Å²) in [5, 5.41) is 20.8. The molecule has 148 valence electrons. The predicted octanol–water partition coefficient (Wildman–Crippen LogP) is 4.68. The van der Waals surface area contributed by atoms with E-state index in [9.17, 15) is 10.2 Å². The molecular formula is C23H32O4. The second kappa shape index (κ2) is 11.6. The van der Waals surface area contributed by atoms with Gasteiger partial charge in [0.15, 0.2) is 0 Å². The normalized spacial score (nSPS) is 13.2. The third-order valence-electron chi connectivity index (χ3n) is 4.49. The Morgan fingerprint density at radius 2 is 1.22 bits per heavy atom. The first kappa shape index (κ1) is 21.3. The van der Waals surface area contributed by atoms with Crippen molar-refractivity contribution in [1.29, 1.82) is 0 Å². The highest BCUT2D eigenvalue weighted by Crippen LogP contribution is 2.23. The highest BCUT2D eigenvalue weighted by molar-refractivity contribution is 5.30. The Kier molecular flexibility index (Phi) is 9.16. The third kappa shape index (κ3) is 7.24. The summed E-state index contributed by atoms with van der Waals surface area (Å²) in [5.74, 6) is 1.62. The Morgan fingerprint density at radius 1 is 0.741 bits per heavy atom. The number of unbranched alkanes of at least 4 members (excludes halogenated alkanes) is 2. The summed E-state index contributed by atoms with van der Waals surface area (Å²) in [6.45, 7) is 5.66. The maximum Gasteiger partial charge on any atom is 0.119 e. The van der Waals surface area contributed by atoms with Crippen LogP contribution in [0.1, 0.15) is 56.8 Å². The van der Waals surface area contributed by atoms with Crippen LogP contribution in [0.15, 0.2) is 48.5 Å². The molecule has 4 nitrogen and oxygen atoms in total. The zero-order chi connectivity index (χ0) is 19.5. The van der Waals surface area contributed by atoms with Gasteiger partial charge in [-0.2, -0.15) is 0 Å². The second-order valence-electron chi connectivity index (χ2n) is 6.83. The van der Waals surface area contributed by atoms with Crippen molar-refractivity contribution in [1.82, 2.24) is 0 Å². The van der Waals surface area contributed by atoms with E-state index >= 15 is 0 Å². The van der Waals surface area contributed by atoms with E-state index in [0.29, 0.717) is 18.6 Å². The molecule has 2 unspecified atom stereocenters. The summed E-state index contributed by atoms with van der Waals surface area (Å²) in [5.41, 5.74) is 1.65. The lowest BCUT2D eigenvalue weighted by atomic mass is 9.98. The molecule has 4 heteroatoms. The van der Waals surface area contributed by atoms with E-state index in [1.54, 1.807) is 12.1 Å². The highest BCUT2D eigenvalue weighted by Gasteiger charge is 2.19. The number of aliphatic hydroxyl groups is 2. The summed E-state index contributed by atoms with van der Waals surface area (Å²) in [4.78, 5) is 0. The van der Waals surface area contributed by atoms with Crippen molar-refractivity contribution in [2.45, 2.75) is 58.2 Å². The van der Waals surface area contributed by atoms with Gasteiger partial charge in [-0.05, 0) is 48.2 Å². The van der Waals surface area contributed by atoms with Crippen LogP contribution in [0.4, 0.5) is 0 Å². The topological polar surface area (TPSA) is 58.9 Å². The Bertz CT molecular complexity index is 636. The molecule has 0 aliphatic rings. The van der Waals surface area contributed by atoms with Gasteiger partial charge in [-0.25, -0.2) is 0 Å². The number of benzene rings is 2. The fraction of sp³-hybridized carbons (Fsp3) is 0.478. The number of hydrogen-bond donors (Lipinski definition) is 2. The first-order valence-electron chi connectivity index (χ1n) is 9.94. The number of rotatable bonds is 12. The molecule has 0 radical (unpaired) electrons. The fourth-order valence-corrected chi connectivity index (χ4v) is 2.73. The van der Waals surface area contributed by atoms with Crippen molar-refractivity contribution in [3.05, 3.63) is 59.7 Å². The van der Waals surface area contributed by atoms with Gasteiger partial charge in [0, 0.05) is 6.42 Å². The van der Waals surface area contributed by atoms with E-state index in [4.69, 9.17) is 9.47 Å². The van der Waals surface area contributed by atoms with Crippen LogP contribution in [0.2, 0.25) is 0 Å². The van der Waals surface area contributed by atoms with Crippen LogP contribution < -0.4 is 9.47 Å². The fourth-order valence-electron chi connectivity index (χ4n) is 2.73. The highest BCUT2D eigenvalue weighted by atomic mass is 16.5. The predicted molar refractivity (Wildman–Crippen MR) is 108 cm³/mol. The van der Waals surface area contributed by atoms with Crippen molar-refractivity contribution >= 4 is 0 Å². The Morgan fingerprint density at radius 3 is 1.70 bits per heavy atom. The monoisotopic (exact) mass is 372 g/mol. The van der Waals surface area contributed by atoms with Gasteiger partial charge in [0.05, 0.1) is 19.3 Å². The van der Waals surface area contributed by atoms with Crippen LogP contribution >= 0.6 is 0 Å². The maximum absolute atomic E-state index is 10.4. The van der Waals surface area contributed by atoms with Gasteiger partial charge in [-0.3, -0.25) is 0 Å². The molecule has 2 aromatic carbocycles. The Balaban J connectivity index is 1.86. The number of hydrogen-bond acceptors (Lipinski definition) is 4. The van der Waals surface area contributed by atoms with Crippen molar-refractivity contribution in [3.63, 3.8) is 0 Å². The van der Waals surface area contributed by atoms with Crippen LogP contribution in [-0.4, -0.2) is 29.5 Å². The minimum absolute atomic E-state index is 0.380. The molecule has 2 N–H and O–H groups in total. The molecule has 0 amide bonds. The summed E-state index contributed by atoms with van der Waals surface area (Å²) in [6, 6.07) is 15.0. The number of ether oxygens (including phenoxy) is 2.